The number of carbonyl (C=O) groups is 3. The summed E-state index contributed by atoms with van der Waals surface area (Å²) in [6.45, 7) is 0.500. The van der Waals surface area contributed by atoms with Crippen molar-refractivity contribution in [3.8, 4) is 5.75 Å². The number of carboxylic acids is 1. The molecule has 0 radical (unpaired) electrons. The summed E-state index contributed by atoms with van der Waals surface area (Å²) in [7, 11) is 1.57. The van der Waals surface area contributed by atoms with Gasteiger partial charge in [-0.05, 0) is 42.0 Å². The number of ether oxygens (including phenoxy) is 1. The third-order valence-corrected chi connectivity index (χ3v) is 3.63. The van der Waals surface area contributed by atoms with Crippen molar-refractivity contribution in [1.29, 1.82) is 0 Å². The maximum absolute atomic E-state index is 12.2. The van der Waals surface area contributed by atoms with Gasteiger partial charge < -0.3 is 14.7 Å². The van der Waals surface area contributed by atoms with Crippen LogP contribution in [-0.4, -0.2) is 41.8 Å². The van der Waals surface area contributed by atoms with E-state index in [0.717, 1.165) is 11.8 Å². The van der Waals surface area contributed by atoms with Crippen molar-refractivity contribution < 1.29 is 24.2 Å². The van der Waals surface area contributed by atoms with Crippen LogP contribution in [0.2, 0.25) is 0 Å². The number of hydrogen-bond acceptors (Lipinski definition) is 4. The van der Waals surface area contributed by atoms with Crippen molar-refractivity contribution in [3.63, 3.8) is 0 Å². The van der Waals surface area contributed by atoms with Crippen molar-refractivity contribution >= 4 is 18.2 Å². The summed E-state index contributed by atoms with van der Waals surface area (Å²) < 4.78 is 5.63. The minimum Gasteiger partial charge on any atom is -0.489 e. The van der Waals surface area contributed by atoms with Gasteiger partial charge in [0.2, 0.25) is 0 Å². The van der Waals surface area contributed by atoms with E-state index >= 15 is 0 Å². The number of aldehydes is 1. The fraction of sp³-hybridized carbons (Fsp3) is 0.211. The molecule has 6 nitrogen and oxygen atoms in total. The van der Waals surface area contributed by atoms with Gasteiger partial charge in [-0.3, -0.25) is 14.4 Å². The maximum atomic E-state index is 12.2. The van der Waals surface area contributed by atoms with E-state index in [-0.39, 0.29) is 18.9 Å². The summed E-state index contributed by atoms with van der Waals surface area (Å²) in [6, 6.07) is 13.8. The lowest BCUT2D eigenvalue weighted by Crippen LogP contribution is -2.29. The summed E-state index contributed by atoms with van der Waals surface area (Å²) in [5, 5.41) is 8.66. The van der Waals surface area contributed by atoms with E-state index in [2.05, 4.69) is 0 Å². The van der Waals surface area contributed by atoms with E-state index < -0.39 is 5.97 Å². The van der Waals surface area contributed by atoms with E-state index in [1.54, 1.807) is 55.6 Å². The Bertz CT molecular complexity index is 737. The summed E-state index contributed by atoms with van der Waals surface area (Å²) in [6.07, 6.45) is 0.685. The van der Waals surface area contributed by atoms with Crippen LogP contribution in [0.4, 0.5) is 0 Å². The van der Waals surface area contributed by atoms with Gasteiger partial charge in [-0.25, -0.2) is 0 Å². The van der Waals surface area contributed by atoms with Gasteiger partial charge in [-0.15, -0.1) is 0 Å². The zero-order valence-corrected chi connectivity index (χ0v) is 13.8. The molecule has 0 saturated carbocycles. The van der Waals surface area contributed by atoms with Gasteiger partial charge in [0, 0.05) is 24.7 Å². The molecule has 0 bridgehead atoms. The molecule has 0 aliphatic heterocycles. The predicted molar refractivity (Wildman–Crippen MR) is 91.8 cm³/mol. The summed E-state index contributed by atoms with van der Waals surface area (Å²) >= 11 is 0. The molecular formula is C19H19NO5. The molecular weight excluding hydrogens is 322 g/mol. The number of hydrogen-bond donors (Lipinski definition) is 1. The molecule has 1 amide bonds. The Morgan fingerprint density at radius 2 is 1.72 bits per heavy atom. The highest BCUT2D eigenvalue weighted by atomic mass is 16.5. The number of amides is 1. The molecule has 6 heteroatoms. The number of carboxylic acid groups (broad SMARTS) is 1. The third kappa shape index (κ3) is 5.46. The SMILES string of the molecule is CN(CCC(=O)O)C(=O)c1ccc(COc2ccc(C=O)cc2)cc1. The van der Waals surface area contributed by atoms with E-state index in [0.29, 0.717) is 23.5 Å². The van der Waals surface area contributed by atoms with Gasteiger partial charge in [0.25, 0.3) is 5.91 Å². The highest BCUT2D eigenvalue weighted by Gasteiger charge is 2.12. The predicted octanol–water partition coefficient (Wildman–Crippen LogP) is 2.62. The molecule has 0 saturated heterocycles. The lowest BCUT2D eigenvalue weighted by Gasteiger charge is -2.16. The van der Waals surface area contributed by atoms with Crippen LogP contribution in [0.3, 0.4) is 0 Å². The molecule has 0 fully saturated rings. The van der Waals surface area contributed by atoms with Crippen molar-refractivity contribution in [2.75, 3.05) is 13.6 Å². The number of aliphatic carboxylic acids is 1. The van der Waals surface area contributed by atoms with Crippen molar-refractivity contribution in [2.24, 2.45) is 0 Å². The van der Waals surface area contributed by atoms with Gasteiger partial charge >= 0.3 is 5.97 Å². The fourth-order valence-electron chi connectivity index (χ4n) is 2.14. The number of rotatable bonds is 8. The van der Waals surface area contributed by atoms with Gasteiger partial charge in [-0.1, -0.05) is 12.1 Å². The molecule has 2 aromatic carbocycles. The smallest absolute Gasteiger partial charge is 0.305 e. The third-order valence-electron chi connectivity index (χ3n) is 3.63. The highest BCUT2D eigenvalue weighted by Crippen LogP contribution is 2.14. The first kappa shape index (κ1) is 18.2. The Labute approximate surface area is 145 Å². The minimum atomic E-state index is -0.937. The monoisotopic (exact) mass is 341 g/mol. The van der Waals surface area contributed by atoms with Crippen LogP contribution in [-0.2, 0) is 11.4 Å². The standard InChI is InChI=1S/C19H19NO5/c1-20(11-10-18(22)23)19(24)16-6-2-15(3-7-16)13-25-17-8-4-14(12-21)5-9-17/h2-9,12H,10-11,13H2,1H3,(H,22,23). The highest BCUT2D eigenvalue weighted by molar-refractivity contribution is 5.94. The Hall–Kier alpha value is -3.15. The van der Waals surface area contributed by atoms with Crippen molar-refractivity contribution in [2.45, 2.75) is 13.0 Å². The zero-order chi connectivity index (χ0) is 18.2. The molecule has 0 spiro atoms. The molecule has 2 aromatic rings. The Kier molecular flexibility index (Phi) is 6.28. The first-order valence-corrected chi connectivity index (χ1v) is 7.74. The van der Waals surface area contributed by atoms with Gasteiger partial charge in [0.15, 0.2) is 0 Å². The quantitative estimate of drug-likeness (QED) is 0.746. The van der Waals surface area contributed by atoms with Crippen LogP contribution in [0.5, 0.6) is 5.75 Å². The molecule has 2 rings (SSSR count). The molecule has 0 aliphatic carbocycles. The minimum absolute atomic E-state index is 0.0863. The van der Waals surface area contributed by atoms with Crippen LogP contribution in [0.1, 0.15) is 32.7 Å². The normalized spacial score (nSPS) is 10.1. The van der Waals surface area contributed by atoms with Crippen molar-refractivity contribution in [1.82, 2.24) is 4.90 Å². The number of nitrogens with zero attached hydrogens (tertiary/aromatic N) is 1. The molecule has 130 valence electrons. The topological polar surface area (TPSA) is 83.9 Å². The molecule has 0 heterocycles. The number of benzene rings is 2. The molecule has 0 unspecified atom stereocenters. The molecule has 0 aromatic heterocycles. The van der Waals surface area contributed by atoms with E-state index in [9.17, 15) is 14.4 Å². The first-order valence-electron chi connectivity index (χ1n) is 7.74. The second-order valence-corrected chi connectivity index (χ2v) is 5.54. The first-order chi connectivity index (χ1) is 12.0. The molecule has 25 heavy (non-hydrogen) atoms. The second kappa shape index (κ2) is 8.63. The lowest BCUT2D eigenvalue weighted by atomic mass is 10.1. The van der Waals surface area contributed by atoms with Crippen LogP contribution in [0, 0.1) is 0 Å². The second-order valence-electron chi connectivity index (χ2n) is 5.54. The van der Waals surface area contributed by atoms with E-state index in [1.807, 2.05) is 0 Å². The molecule has 1 N–H and O–H groups in total. The lowest BCUT2D eigenvalue weighted by molar-refractivity contribution is -0.137. The van der Waals surface area contributed by atoms with Gasteiger partial charge in [-0.2, -0.15) is 0 Å². The Morgan fingerprint density at radius 1 is 1.08 bits per heavy atom. The largest absolute Gasteiger partial charge is 0.489 e. The fourth-order valence-corrected chi connectivity index (χ4v) is 2.14. The molecule has 0 atom stereocenters. The average molecular weight is 341 g/mol. The number of carbonyl (C=O) groups excluding carboxylic acids is 2. The Morgan fingerprint density at radius 3 is 2.28 bits per heavy atom. The summed E-state index contributed by atoms with van der Waals surface area (Å²) in [5.74, 6) is -0.509. The van der Waals surface area contributed by atoms with Gasteiger partial charge in [0.05, 0.1) is 6.42 Å². The summed E-state index contributed by atoms with van der Waals surface area (Å²) in [5.41, 5.74) is 1.97. The zero-order valence-electron chi connectivity index (χ0n) is 13.8. The van der Waals surface area contributed by atoms with Gasteiger partial charge in [0.1, 0.15) is 18.6 Å². The Balaban J connectivity index is 1.91. The average Bonchev–Trinajstić information content (AvgIpc) is 2.64. The van der Waals surface area contributed by atoms with Crippen molar-refractivity contribution in [3.05, 3.63) is 65.2 Å². The van der Waals surface area contributed by atoms with Crippen LogP contribution >= 0.6 is 0 Å². The summed E-state index contributed by atoms with van der Waals surface area (Å²) in [4.78, 5) is 34.7. The van der Waals surface area contributed by atoms with E-state index in [1.165, 1.54) is 4.90 Å². The maximum Gasteiger partial charge on any atom is 0.305 e. The molecule has 0 aliphatic rings. The van der Waals surface area contributed by atoms with Crippen LogP contribution < -0.4 is 4.74 Å². The van der Waals surface area contributed by atoms with Crippen LogP contribution in [0.25, 0.3) is 0 Å². The van der Waals surface area contributed by atoms with Crippen LogP contribution in [0.15, 0.2) is 48.5 Å². The van der Waals surface area contributed by atoms with E-state index in [4.69, 9.17) is 9.84 Å².